The van der Waals surface area contributed by atoms with E-state index in [9.17, 15) is 0 Å². The van der Waals surface area contributed by atoms with Crippen LogP contribution in [-0.4, -0.2) is 24.1 Å². The molecule has 0 spiro atoms. The minimum Gasteiger partial charge on any atom is -0.417 e. The summed E-state index contributed by atoms with van der Waals surface area (Å²) < 4.78 is 11.0. The maximum atomic E-state index is 6.44. The molecule has 0 radical (unpaired) electrons. The lowest BCUT2D eigenvalue weighted by Crippen LogP contribution is -2.03. The van der Waals surface area contributed by atoms with Crippen molar-refractivity contribution < 1.29 is 4.42 Å². The van der Waals surface area contributed by atoms with Gasteiger partial charge in [0, 0.05) is 38.4 Å². The number of rotatable bonds is 5. The Morgan fingerprint density at radius 1 is 0.386 bits per heavy atom. The lowest BCUT2D eigenvalue weighted by Gasteiger charge is -2.09. The molecule has 0 aliphatic heterocycles. The first kappa shape index (κ1) is 31.5. The molecule has 0 unspecified atom stereocenters. The van der Waals surface area contributed by atoms with Gasteiger partial charge in [0.15, 0.2) is 5.52 Å². The van der Waals surface area contributed by atoms with Crippen LogP contribution in [0.15, 0.2) is 192 Å². The van der Waals surface area contributed by atoms with Crippen molar-refractivity contribution in [3.8, 4) is 45.5 Å². The maximum absolute atomic E-state index is 6.44. The van der Waals surface area contributed by atoms with Crippen LogP contribution in [0.3, 0.4) is 0 Å². The average Bonchev–Trinajstić information content (AvgIpc) is 3.97. The summed E-state index contributed by atoms with van der Waals surface area (Å²) in [7, 11) is 0. The highest BCUT2D eigenvalue weighted by atomic mass is 16.4. The van der Waals surface area contributed by atoms with Crippen molar-refractivity contribution in [3.05, 3.63) is 188 Å². The van der Waals surface area contributed by atoms with Gasteiger partial charge in [-0.3, -0.25) is 4.57 Å². The molecule has 57 heavy (non-hydrogen) atoms. The molecule has 0 N–H and O–H groups in total. The molecule has 4 aromatic heterocycles. The van der Waals surface area contributed by atoms with Gasteiger partial charge in [0.05, 0.1) is 22.1 Å². The minimum absolute atomic E-state index is 0.438. The predicted octanol–water partition coefficient (Wildman–Crippen LogP) is 13.0. The van der Waals surface area contributed by atoms with Crippen LogP contribution < -0.4 is 0 Å². The molecule has 4 heterocycles. The number of benzene rings is 8. The van der Waals surface area contributed by atoms with E-state index in [1.807, 2.05) is 48.5 Å². The summed E-state index contributed by atoms with van der Waals surface area (Å²) in [5.41, 5.74) is 11.4. The second-order valence-electron chi connectivity index (χ2n) is 14.4. The van der Waals surface area contributed by atoms with E-state index in [2.05, 4.69) is 149 Å². The summed E-state index contributed by atoms with van der Waals surface area (Å²) in [6.07, 6.45) is 0. The van der Waals surface area contributed by atoms with Crippen LogP contribution in [0.2, 0.25) is 0 Å². The van der Waals surface area contributed by atoms with Crippen LogP contribution >= 0.6 is 0 Å². The molecule has 266 valence electrons. The Bertz CT molecular complexity index is 3510. The third-order valence-corrected chi connectivity index (χ3v) is 11.2. The van der Waals surface area contributed by atoms with Gasteiger partial charge < -0.3 is 8.98 Å². The summed E-state index contributed by atoms with van der Waals surface area (Å²) in [6, 6.07) is 65.9. The lowest BCUT2D eigenvalue weighted by molar-refractivity contribution is 0.606. The van der Waals surface area contributed by atoms with E-state index in [4.69, 9.17) is 19.4 Å². The zero-order chi connectivity index (χ0) is 37.5. The number of para-hydroxylation sites is 2. The molecule has 6 nitrogen and oxygen atoms in total. The first-order valence-corrected chi connectivity index (χ1v) is 19.1. The summed E-state index contributed by atoms with van der Waals surface area (Å²) in [4.78, 5) is 15.4. The zero-order valence-corrected chi connectivity index (χ0v) is 30.5. The van der Waals surface area contributed by atoms with E-state index >= 15 is 0 Å². The van der Waals surface area contributed by atoms with Gasteiger partial charge in [-0.05, 0) is 82.6 Å². The molecule has 0 saturated carbocycles. The number of fused-ring (bicyclic) bond motifs is 9. The molecule has 6 heteroatoms. The first-order chi connectivity index (χ1) is 28.3. The Labute approximate surface area is 326 Å². The summed E-state index contributed by atoms with van der Waals surface area (Å²) in [6.45, 7) is 0. The van der Waals surface area contributed by atoms with Crippen molar-refractivity contribution in [3.63, 3.8) is 0 Å². The van der Waals surface area contributed by atoms with E-state index in [0.717, 1.165) is 55.4 Å². The van der Waals surface area contributed by atoms with Crippen LogP contribution in [-0.2, 0) is 0 Å². The van der Waals surface area contributed by atoms with Crippen molar-refractivity contribution in [2.75, 3.05) is 0 Å². The molecule has 0 bridgehead atoms. The Morgan fingerprint density at radius 2 is 0.982 bits per heavy atom. The molecular weight excluding hydrogens is 699 g/mol. The monoisotopic (exact) mass is 729 g/mol. The maximum Gasteiger partial charge on any atom is 0.252 e. The number of oxazole rings is 1. The molecule has 12 rings (SSSR count). The molecule has 0 atom stereocenters. The Morgan fingerprint density at radius 3 is 1.75 bits per heavy atom. The zero-order valence-electron chi connectivity index (χ0n) is 30.5. The van der Waals surface area contributed by atoms with Crippen molar-refractivity contribution in [2.45, 2.75) is 0 Å². The Balaban J connectivity index is 1.11. The van der Waals surface area contributed by atoms with Crippen molar-refractivity contribution in [1.29, 1.82) is 0 Å². The van der Waals surface area contributed by atoms with E-state index in [-0.39, 0.29) is 0 Å². The van der Waals surface area contributed by atoms with Gasteiger partial charge in [0.25, 0.3) is 5.71 Å². The standard InChI is InChI=1S/C51H31N5O/c1-4-15-33(16-5-1)47-48-50(57-49(52-48)34-17-6-2-7-18-34)54-51(53-47)56-44-28-26-36(31-41(44)46-38-21-11-10-14-32(38)24-29-45(46)56)35-25-27-43-40(30-35)39-22-12-13-23-42(39)55(43)37-19-8-3-9-20-37/h1-31H. The fourth-order valence-electron chi connectivity index (χ4n) is 8.61. The Hall–Kier alpha value is -7.83. The Kier molecular flexibility index (Phi) is 6.83. The summed E-state index contributed by atoms with van der Waals surface area (Å²) in [5.74, 6) is 1.03. The van der Waals surface area contributed by atoms with Crippen molar-refractivity contribution in [2.24, 2.45) is 0 Å². The normalized spacial score (nSPS) is 11.9. The topological polar surface area (TPSA) is 61.7 Å². The van der Waals surface area contributed by atoms with Gasteiger partial charge in [-0.25, -0.2) is 9.97 Å². The van der Waals surface area contributed by atoms with E-state index in [0.29, 0.717) is 23.1 Å². The summed E-state index contributed by atoms with van der Waals surface area (Å²) in [5, 5.41) is 7.07. The first-order valence-electron chi connectivity index (χ1n) is 19.1. The van der Waals surface area contributed by atoms with Crippen LogP contribution in [0, 0.1) is 0 Å². The van der Waals surface area contributed by atoms with Gasteiger partial charge in [-0.2, -0.15) is 4.98 Å². The second kappa shape index (κ2) is 12.3. The molecular formula is C51H31N5O. The quantitative estimate of drug-likeness (QED) is 0.177. The number of aromatic nitrogens is 5. The second-order valence-corrected chi connectivity index (χ2v) is 14.4. The van der Waals surface area contributed by atoms with Crippen LogP contribution in [0.25, 0.3) is 111 Å². The molecule has 0 amide bonds. The largest absolute Gasteiger partial charge is 0.417 e. The van der Waals surface area contributed by atoms with Crippen molar-refractivity contribution in [1.82, 2.24) is 24.1 Å². The molecule has 12 aromatic rings. The van der Waals surface area contributed by atoms with Crippen LogP contribution in [0.4, 0.5) is 0 Å². The average molecular weight is 730 g/mol. The third-order valence-electron chi connectivity index (χ3n) is 11.2. The third kappa shape index (κ3) is 4.87. The number of hydrogen-bond acceptors (Lipinski definition) is 4. The van der Waals surface area contributed by atoms with Gasteiger partial charge in [-0.15, -0.1) is 0 Å². The minimum atomic E-state index is 0.438. The highest BCUT2D eigenvalue weighted by molar-refractivity contribution is 6.22. The van der Waals surface area contributed by atoms with Gasteiger partial charge in [0.1, 0.15) is 5.69 Å². The fourth-order valence-corrected chi connectivity index (χ4v) is 8.61. The molecule has 0 saturated heterocycles. The van der Waals surface area contributed by atoms with Gasteiger partial charge in [-0.1, -0.05) is 127 Å². The molecule has 0 fully saturated rings. The molecule has 8 aromatic carbocycles. The van der Waals surface area contributed by atoms with Crippen LogP contribution in [0.1, 0.15) is 0 Å². The highest BCUT2D eigenvalue weighted by Gasteiger charge is 2.23. The molecule has 0 aliphatic carbocycles. The molecule has 0 aliphatic rings. The summed E-state index contributed by atoms with van der Waals surface area (Å²) >= 11 is 0. The van der Waals surface area contributed by atoms with Gasteiger partial charge >= 0.3 is 0 Å². The number of nitrogens with zero attached hydrogens (tertiary/aromatic N) is 5. The SMILES string of the molecule is c1ccc(-c2nc3c(-c4ccccc4)nc(-n4c5ccc(-c6ccc7c(c6)c6ccccc6n7-c6ccccc6)cc5c5c6ccccc6ccc54)nc3o2)cc1. The predicted molar refractivity (Wildman–Crippen MR) is 232 cm³/mol. The van der Waals surface area contributed by atoms with E-state index < -0.39 is 0 Å². The van der Waals surface area contributed by atoms with E-state index in [1.165, 1.54) is 32.6 Å². The lowest BCUT2D eigenvalue weighted by atomic mass is 9.99. The van der Waals surface area contributed by atoms with Crippen LogP contribution in [0.5, 0.6) is 0 Å². The number of hydrogen-bond donors (Lipinski definition) is 0. The van der Waals surface area contributed by atoms with Crippen molar-refractivity contribution >= 4 is 65.6 Å². The van der Waals surface area contributed by atoms with E-state index in [1.54, 1.807) is 0 Å². The fraction of sp³-hybridized carbons (Fsp3) is 0. The smallest absolute Gasteiger partial charge is 0.252 e. The van der Waals surface area contributed by atoms with Gasteiger partial charge in [0.2, 0.25) is 11.8 Å². The highest BCUT2D eigenvalue weighted by Crippen LogP contribution is 2.41.